The Kier molecular flexibility index (Phi) is 5.22. The zero-order valence-electron chi connectivity index (χ0n) is 12.5. The van der Waals surface area contributed by atoms with E-state index in [1.54, 1.807) is 24.3 Å². The number of carbonyl (C=O) groups excluding carboxylic acids is 2. The van der Waals surface area contributed by atoms with Gasteiger partial charge in [0.15, 0.2) is 0 Å². The Morgan fingerprint density at radius 1 is 1.23 bits per heavy atom. The van der Waals surface area contributed by atoms with Gasteiger partial charge in [0, 0.05) is 24.3 Å². The molecule has 2 rings (SSSR count). The van der Waals surface area contributed by atoms with Gasteiger partial charge in [-0.2, -0.15) is 0 Å². The summed E-state index contributed by atoms with van der Waals surface area (Å²) in [4.78, 5) is 22.0. The van der Waals surface area contributed by atoms with E-state index in [0.717, 1.165) is 12.0 Å². The largest absolute Gasteiger partial charge is 0.466 e. The number of benzene rings is 1. The van der Waals surface area contributed by atoms with E-state index < -0.39 is 0 Å². The molecule has 112 valence electrons. The first-order valence-corrected chi connectivity index (χ1v) is 6.93. The van der Waals surface area contributed by atoms with Crippen molar-refractivity contribution in [1.29, 1.82) is 0 Å². The molecule has 1 aliphatic rings. The van der Waals surface area contributed by atoms with Crippen molar-refractivity contribution < 1.29 is 19.1 Å². The van der Waals surface area contributed by atoms with Gasteiger partial charge >= 0.3 is 11.9 Å². The zero-order valence-corrected chi connectivity index (χ0v) is 12.5. The molecule has 4 heteroatoms. The summed E-state index contributed by atoms with van der Waals surface area (Å²) in [5.41, 5.74) is 1.28. The summed E-state index contributed by atoms with van der Waals surface area (Å²) in [5, 5.41) is 0. The van der Waals surface area contributed by atoms with Gasteiger partial charge in [0.1, 0.15) is 0 Å². The Morgan fingerprint density at radius 2 is 1.95 bits per heavy atom. The van der Waals surface area contributed by atoms with E-state index >= 15 is 0 Å². The highest BCUT2D eigenvalue weighted by Crippen LogP contribution is 2.37. The Balaban J connectivity index is 1.84. The lowest BCUT2D eigenvalue weighted by Crippen LogP contribution is -2.02. The Hall–Kier alpha value is -2.72. The van der Waals surface area contributed by atoms with Crippen molar-refractivity contribution in [2.45, 2.75) is 13.3 Å². The predicted molar refractivity (Wildman–Crippen MR) is 80.7 cm³/mol. The number of esters is 2. The third-order valence-electron chi connectivity index (χ3n) is 3.26. The average molecular weight is 296 g/mol. The van der Waals surface area contributed by atoms with E-state index in [1.165, 1.54) is 14.0 Å². The van der Waals surface area contributed by atoms with Crippen molar-refractivity contribution in [1.82, 2.24) is 0 Å². The van der Waals surface area contributed by atoms with E-state index in [2.05, 4.69) is 28.4 Å². The van der Waals surface area contributed by atoms with Gasteiger partial charge in [-0.1, -0.05) is 11.8 Å². The van der Waals surface area contributed by atoms with Crippen LogP contribution in [0.1, 0.15) is 29.3 Å². The molecule has 0 unspecified atom stereocenters. The van der Waals surface area contributed by atoms with Crippen LogP contribution in [-0.2, 0) is 14.3 Å². The molecule has 0 radical (unpaired) electrons. The lowest BCUT2D eigenvalue weighted by molar-refractivity contribution is -0.141. The van der Waals surface area contributed by atoms with E-state index in [9.17, 15) is 9.59 Å². The van der Waals surface area contributed by atoms with Crippen molar-refractivity contribution in [2.24, 2.45) is 11.8 Å². The summed E-state index contributed by atoms with van der Waals surface area (Å²) in [7, 11) is 1.35. The van der Waals surface area contributed by atoms with Crippen LogP contribution in [-0.4, -0.2) is 25.7 Å². The molecule has 0 aromatic heterocycles. The SMILES string of the molecule is COC(=O)c1ccc(C#CC#C[C@H]2C[C@@H]2COC(C)=O)cc1. The third-order valence-corrected chi connectivity index (χ3v) is 3.26. The monoisotopic (exact) mass is 296 g/mol. The Bertz CT molecular complexity index is 680. The van der Waals surface area contributed by atoms with Gasteiger partial charge in [-0.3, -0.25) is 4.79 Å². The van der Waals surface area contributed by atoms with Crippen molar-refractivity contribution in [3.63, 3.8) is 0 Å². The Labute approximate surface area is 129 Å². The number of rotatable bonds is 3. The Morgan fingerprint density at radius 3 is 2.59 bits per heavy atom. The third kappa shape index (κ3) is 4.68. The molecular weight excluding hydrogens is 280 g/mol. The van der Waals surface area contributed by atoms with Crippen LogP contribution in [0.15, 0.2) is 24.3 Å². The first kappa shape index (κ1) is 15.7. The van der Waals surface area contributed by atoms with Crippen LogP contribution >= 0.6 is 0 Å². The first-order chi connectivity index (χ1) is 10.6. The van der Waals surface area contributed by atoms with Gasteiger partial charge in [-0.15, -0.1) is 0 Å². The van der Waals surface area contributed by atoms with Crippen molar-refractivity contribution >= 4 is 11.9 Å². The molecule has 0 spiro atoms. The standard InChI is InChI=1S/C18H16O4/c1-13(19)22-12-17-11-16(17)6-4-3-5-14-7-9-15(10-8-14)18(20)21-2/h7-10,16-17H,11-12H2,1-2H3/t16-,17+/m0/s1. The second-order valence-electron chi connectivity index (χ2n) is 4.99. The highest BCUT2D eigenvalue weighted by molar-refractivity contribution is 5.89. The molecule has 1 fully saturated rings. The molecule has 0 heterocycles. The molecule has 1 aromatic rings. The average Bonchev–Trinajstić information content (AvgIpc) is 3.28. The summed E-state index contributed by atoms with van der Waals surface area (Å²) in [6.45, 7) is 1.84. The fraction of sp³-hybridized carbons (Fsp3) is 0.333. The fourth-order valence-electron chi connectivity index (χ4n) is 1.87. The summed E-state index contributed by atoms with van der Waals surface area (Å²) in [5.74, 6) is 11.6. The minimum absolute atomic E-state index is 0.256. The number of methoxy groups -OCH3 is 1. The van der Waals surface area contributed by atoms with Crippen LogP contribution < -0.4 is 0 Å². The highest BCUT2D eigenvalue weighted by Gasteiger charge is 2.36. The van der Waals surface area contributed by atoms with E-state index in [4.69, 9.17) is 4.74 Å². The second-order valence-corrected chi connectivity index (χ2v) is 4.99. The topological polar surface area (TPSA) is 52.6 Å². The number of hydrogen-bond donors (Lipinski definition) is 0. The number of hydrogen-bond acceptors (Lipinski definition) is 4. The fourth-order valence-corrected chi connectivity index (χ4v) is 1.87. The van der Waals surface area contributed by atoms with Gasteiger partial charge < -0.3 is 9.47 Å². The van der Waals surface area contributed by atoms with Gasteiger partial charge in [-0.05, 0) is 42.5 Å². The quantitative estimate of drug-likeness (QED) is 0.632. The maximum absolute atomic E-state index is 11.3. The molecule has 22 heavy (non-hydrogen) atoms. The van der Waals surface area contributed by atoms with Gasteiger partial charge in [0.05, 0.1) is 19.3 Å². The normalized spacial score (nSPS) is 18.1. The van der Waals surface area contributed by atoms with Crippen molar-refractivity contribution in [3.05, 3.63) is 35.4 Å². The molecule has 4 nitrogen and oxygen atoms in total. The molecular formula is C18H16O4. The number of carbonyl (C=O) groups is 2. The van der Waals surface area contributed by atoms with Gasteiger partial charge in [0.2, 0.25) is 0 Å². The van der Waals surface area contributed by atoms with E-state index in [-0.39, 0.29) is 17.9 Å². The minimum atomic E-state index is -0.369. The zero-order chi connectivity index (χ0) is 15.9. The lowest BCUT2D eigenvalue weighted by atomic mass is 10.1. The van der Waals surface area contributed by atoms with Crippen LogP contribution in [0.5, 0.6) is 0 Å². The molecule has 2 atom stereocenters. The number of ether oxygens (including phenoxy) is 2. The second kappa shape index (κ2) is 7.33. The van der Waals surface area contributed by atoms with Crippen LogP contribution in [0, 0.1) is 35.5 Å². The first-order valence-electron chi connectivity index (χ1n) is 6.93. The van der Waals surface area contributed by atoms with Gasteiger partial charge in [0.25, 0.3) is 0 Å². The van der Waals surface area contributed by atoms with Crippen molar-refractivity contribution in [2.75, 3.05) is 13.7 Å². The minimum Gasteiger partial charge on any atom is -0.466 e. The maximum atomic E-state index is 11.3. The molecule has 0 aliphatic heterocycles. The van der Waals surface area contributed by atoms with Crippen LogP contribution in [0.2, 0.25) is 0 Å². The molecule has 1 aliphatic carbocycles. The van der Waals surface area contributed by atoms with E-state index in [1.807, 2.05) is 0 Å². The molecule has 0 N–H and O–H groups in total. The van der Waals surface area contributed by atoms with Crippen LogP contribution in [0.4, 0.5) is 0 Å². The van der Waals surface area contributed by atoms with Crippen LogP contribution in [0.3, 0.4) is 0 Å². The maximum Gasteiger partial charge on any atom is 0.337 e. The molecule has 1 aromatic carbocycles. The smallest absolute Gasteiger partial charge is 0.337 e. The summed E-state index contributed by atoms with van der Waals surface area (Å²) in [6, 6.07) is 6.84. The molecule has 0 amide bonds. The van der Waals surface area contributed by atoms with Crippen LogP contribution in [0.25, 0.3) is 0 Å². The molecule has 0 bridgehead atoms. The van der Waals surface area contributed by atoms with Crippen molar-refractivity contribution in [3.8, 4) is 23.7 Å². The molecule has 1 saturated carbocycles. The highest BCUT2D eigenvalue weighted by atomic mass is 16.5. The molecule has 0 saturated heterocycles. The van der Waals surface area contributed by atoms with E-state index in [0.29, 0.717) is 18.1 Å². The van der Waals surface area contributed by atoms with Gasteiger partial charge in [-0.25, -0.2) is 4.79 Å². The summed E-state index contributed by atoms with van der Waals surface area (Å²) >= 11 is 0. The summed E-state index contributed by atoms with van der Waals surface area (Å²) < 4.78 is 9.55. The lowest BCUT2D eigenvalue weighted by Gasteiger charge is -1.97. The predicted octanol–water partition coefficient (Wildman–Crippen LogP) is 2.03. The summed E-state index contributed by atoms with van der Waals surface area (Å²) in [6.07, 6.45) is 0.954.